The van der Waals surface area contributed by atoms with Crippen LogP contribution >= 0.6 is 0 Å². The molecule has 0 spiro atoms. The molecule has 1 N–H and O–H groups in total. The van der Waals surface area contributed by atoms with Crippen LogP contribution in [0.5, 0.6) is 0 Å². The van der Waals surface area contributed by atoms with Crippen molar-refractivity contribution in [3.63, 3.8) is 0 Å². The minimum Gasteiger partial charge on any atom is -0.385 e. The van der Waals surface area contributed by atoms with Gasteiger partial charge in [0.05, 0.1) is 0 Å². The zero-order valence-electron chi connectivity index (χ0n) is 10.1. The van der Waals surface area contributed by atoms with Crippen molar-refractivity contribution in [2.45, 2.75) is 58.4 Å². The summed E-state index contributed by atoms with van der Waals surface area (Å²) in [6, 6.07) is 0.743. The second-order valence-corrected chi connectivity index (χ2v) is 3.89. The fourth-order valence-electron chi connectivity index (χ4n) is 1.80. The molecule has 0 amide bonds. The van der Waals surface area contributed by atoms with Crippen LogP contribution in [0.15, 0.2) is 0 Å². The third-order valence-electron chi connectivity index (χ3n) is 2.53. The molecule has 0 bridgehead atoms. The van der Waals surface area contributed by atoms with E-state index >= 15 is 0 Å². The van der Waals surface area contributed by atoms with Gasteiger partial charge in [0.25, 0.3) is 0 Å². The summed E-state index contributed by atoms with van der Waals surface area (Å²) in [5.74, 6) is 0. The highest BCUT2D eigenvalue weighted by molar-refractivity contribution is 4.65. The summed E-state index contributed by atoms with van der Waals surface area (Å²) in [6.07, 6.45) is 7.78. The highest BCUT2D eigenvalue weighted by Gasteiger charge is 2.04. The van der Waals surface area contributed by atoms with E-state index in [1.54, 1.807) is 7.11 Å². The SMILES string of the molecule is CCCC(CCCCCOC)NCC. The van der Waals surface area contributed by atoms with Crippen molar-refractivity contribution in [3.8, 4) is 0 Å². The molecular weight excluding hydrogens is 174 g/mol. The zero-order chi connectivity index (χ0) is 10.6. The second kappa shape index (κ2) is 11.0. The molecule has 0 aromatic rings. The van der Waals surface area contributed by atoms with Crippen molar-refractivity contribution in [1.29, 1.82) is 0 Å². The van der Waals surface area contributed by atoms with Crippen molar-refractivity contribution in [2.75, 3.05) is 20.3 Å². The fourth-order valence-corrected chi connectivity index (χ4v) is 1.80. The third kappa shape index (κ3) is 8.52. The first kappa shape index (κ1) is 13.9. The molecule has 86 valence electrons. The van der Waals surface area contributed by atoms with Crippen molar-refractivity contribution >= 4 is 0 Å². The van der Waals surface area contributed by atoms with Crippen LogP contribution in [0.2, 0.25) is 0 Å². The molecule has 0 saturated carbocycles. The van der Waals surface area contributed by atoms with Crippen LogP contribution < -0.4 is 5.32 Å². The zero-order valence-corrected chi connectivity index (χ0v) is 10.1. The van der Waals surface area contributed by atoms with Crippen LogP contribution in [-0.2, 0) is 4.74 Å². The normalized spacial score (nSPS) is 13.1. The molecule has 0 heterocycles. The van der Waals surface area contributed by atoms with Crippen molar-refractivity contribution in [1.82, 2.24) is 5.32 Å². The maximum absolute atomic E-state index is 5.03. The molecular formula is C12H27NO. The van der Waals surface area contributed by atoms with Crippen LogP contribution in [0.4, 0.5) is 0 Å². The Balaban J connectivity index is 3.30. The minimum atomic E-state index is 0.743. The first-order chi connectivity index (χ1) is 6.85. The van der Waals surface area contributed by atoms with Gasteiger partial charge in [-0.05, 0) is 25.8 Å². The number of unbranched alkanes of at least 4 members (excludes halogenated alkanes) is 2. The van der Waals surface area contributed by atoms with E-state index in [0.717, 1.165) is 19.2 Å². The Morgan fingerprint density at radius 1 is 1.07 bits per heavy atom. The lowest BCUT2D eigenvalue weighted by Gasteiger charge is -2.16. The van der Waals surface area contributed by atoms with Gasteiger partial charge >= 0.3 is 0 Å². The van der Waals surface area contributed by atoms with E-state index in [-0.39, 0.29) is 0 Å². The molecule has 0 aliphatic heterocycles. The molecule has 0 saturated heterocycles. The van der Waals surface area contributed by atoms with Crippen LogP contribution in [-0.4, -0.2) is 26.3 Å². The first-order valence-electron chi connectivity index (χ1n) is 6.07. The van der Waals surface area contributed by atoms with E-state index < -0.39 is 0 Å². The van der Waals surface area contributed by atoms with Gasteiger partial charge in [-0.2, -0.15) is 0 Å². The lowest BCUT2D eigenvalue weighted by atomic mass is 10.0. The second-order valence-electron chi connectivity index (χ2n) is 3.89. The summed E-state index contributed by atoms with van der Waals surface area (Å²) < 4.78 is 5.03. The Hall–Kier alpha value is -0.0800. The maximum atomic E-state index is 5.03. The van der Waals surface area contributed by atoms with Crippen LogP contribution in [0.3, 0.4) is 0 Å². The minimum absolute atomic E-state index is 0.743. The highest BCUT2D eigenvalue weighted by Crippen LogP contribution is 2.08. The van der Waals surface area contributed by atoms with E-state index in [1.807, 2.05) is 0 Å². The first-order valence-corrected chi connectivity index (χ1v) is 6.07. The monoisotopic (exact) mass is 201 g/mol. The molecule has 0 aliphatic rings. The van der Waals surface area contributed by atoms with Gasteiger partial charge in [0, 0.05) is 19.8 Å². The highest BCUT2D eigenvalue weighted by atomic mass is 16.5. The summed E-state index contributed by atoms with van der Waals surface area (Å²) in [6.45, 7) is 6.46. The van der Waals surface area contributed by atoms with E-state index in [2.05, 4.69) is 19.2 Å². The molecule has 0 aliphatic carbocycles. The summed E-state index contributed by atoms with van der Waals surface area (Å²) in [7, 11) is 1.78. The van der Waals surface area contributed by atoms with Gasteiger partial charge < -0.3 is 10.1 Å². The van der Waals surface area contributed by atoms with Gasteiger partial charge in [0.2, 0.25) is 0 Å². The third-order valence-corrected chi connectivity index (χ3v) is 2.53. The molecule has 0 radical (unpaired) electrons. The summed E-state index contributed by atoms with van der Waals surface area (Å²) in [5, 5.41) is 3.54. The lowest BCUT2D eigenvalue weighted by Crippen LogP contribution is -2.28. The molecule has 2 nitrogen and oxygen atoms in total. The smallest absolute Gasteiger partial charge is 0.0462 e. The Bertz CT molecular complexity index is 100. The van der Waals surface area contributed by atoms with Gasteiger partial charge in [-0.15, -0.1) is 0 Å². The molecule has 2 heteroatoms. The van der Waals surface area contributed by atoms with E-state index in [9.17, 15) is 0 Å². The molecule has 0 fully saturated rings. The lowest BCUT2D eigenvalue weighted by molar-refractivity contribution is 0.191. The van der Waals surface area contributed by atoms with Gasteiger partial charge in [0.15, 0.2) is 0 Å². The van der Waals surface area contributed by atoms with E-state index in [0.29, 0.717) is 0 Å². The molecule has 0 rings (SSSR count). The average molecular weight is 201 g/mol. The molecule has 1 atom stereocenters. The number of hydrogen-bond acceptors (Lipinski definition) is 2. The van der Waals surface area contributed by atoms with E-state index in [4.69, 9.17) is 4.74 Å². The predicted octanol–water partition coefficient (Wildman–Crippen LogP) is 2.97. The van der Waals surface area contributed by atoms with E-state index in [1.165, 1.54) is 38.5 Å². The number of hydrogen-bond donors (Lipinski definition) is 1. The van der Waals surface area contributed by atoms with Gasteiger partial charge in [-0.3, -0.25) is 0 Å². The summed E-state index contributed by atoms with van der Waals surface area (Å²) in [4.78, 5) is 0. The standard InChI is InChI=1S/C12H27NO/c1-4-9-12(13-5-2)10-7-6-8-11-14-3/h12-13H,4-11H2,1-3H3. The molecule has 1 unspecified atom stereocenters. The molecule has 0 aromatic carbocycles. The number of nitrogens with one attached hydrogen (secondary N) is 1. The molecule has 14 heavy (non-hydrogen) atoms. The van der Waals surface area contributed by atoms with Crippen LogP contribution in [0, 0.1) is 0 Å². The van der Waals surface area contributed by atoms with Gasteiger partial charge in [-0.1, -0.05) is 33.1 Å². The van der Waals surface area contributed by atoms with Crippen LogP contribution in [0.1, 0.15) is 52.4 Å². The van der Waals surface area contributed by atoms with Crippen molar-refractivity contribution in [3.05, 3.63) is 0 Å². The predicted molar refractivity (Wildman–Crippen MR) is 62.7 cm³/mol. The van der Waals surface area contributed by atoms with Crippen LogP contribution in [0.25, 0.3) is 0 Å². The number of rotatable bonds is 10. The number of ether oxygens (including phenoxy) is 1. The van der Waals surface area contributed by atoms with Crippen molar-refractivity contribution < 1.29 is 4.74 Å². The summed E-state index contributed by atoms with van der Waals surface area (Å²) in [5.41, 5.74) is 0. The van der Waals surface area contributed by atoms with Crippen molar-refractivity contribution in [2.24, 2.45) is 0 Å². The Labute approximate surface area is 89.4 Å². The van der Waals surface area contributed by atoms with Gasteiger partial charge in [-0.25, -0.2) is 0 Å². The largest absolute Gasteiger partial charge is 0.385 e. The quantitative estimate of drug-likeness (QED) is 0.549. The summed E-state index contributed by atoms with van der Waals surface area (Å²) >= 11 is 0. The Morgan fingerprint density at radius 3 is 2.43 bits per heavy atom. The Morgan fingerprint density at radius 2 is 1.86 bits per heavy atom. The maximum Gasteiger partial charge on any atom is 0.0462 e. The average Bonchev–Trinajstić information content (AvgIpc) is 2.18. The molecule has 0 aromatic heterocycles. The topological polar surface area (TPSA) is 21.3 Å². The fraction of sp³-hybridized carbons (Fsp3) is 1.00. The number of methoxy groups -OCH3 is 1. The van der Waals surface area contributed by atoms with Gasteiger partial charge in [0.1, 0.15) is 0 Å². The Kier molecular flexibility index (Phi) is 10.9.